The number of rotatable bonds is 4. The second-order valence-corrected chi connectivity index (χ2v) is 4.77. The molecule has 0 saturated carbocycles. The van der Waals surface area contributed by atoms with Crippen molar-refractivity contribution in [1.82, 2.24) is 15.0 Å². The molecule has 10 heteroatoms. The summed E-state index contributed by atoms with van der Waals surface area (Å²) in [6.45, 7) is 2.72. The molecule has 0 spiro atoms. The number of halogens is 4. The molecule has 1 aliphatic heterocycles. The van der Waals surface area contributed by atoms with Crippen LogP contribution in [0.5, 0.6) is 0 Å². The van der Waals surface area contributed by atoms with Gasteiger partial charge in [-0.2, -0.15) is 28.1 Å². The van der Waals surface area contributed by atoms with Crippen molar-refractivity contribution < 1.29 is 17.9 Å². The summed E-state index contributed by atoms with van der Waals surface area (Å²) >= 11 is 5.81. The van der Waals surface area contributed by atoms with Crippen molar-refractivity contribution in [1.29, 1.82) is 0 Å². The Morgan fingerprint density at radius 2 is 1.90 bits per heavy atom. The largest absolute Gasteiger partial charge is 0.406 e. The molecule has 21 heavy (non-hydrogen) atoms. The first-order chi connectivity index (χ1) is 9.89. The summed E-state index contributed by atoms with van der Waals surface area (Å²) in [6.07, 6.45) is -4.34. The Hall–Kier alpha value is -1.35. The van der Waals surface area contributed by atoms with Crippen LogP contribution in [0.4, 0.5) is 25.1 Å². The quantitative estimate of drug-likeness (QED) is 0.840. The minimum absolute atomic E-state index is 0.0729. The van der Waals surface area contributed by atoms with Gasteiger partial charge in [-0.05, 0) is 18.5 Å². The van der Waals surface area contributed by atoms with Crippen LogP contribution in [-0.4, -0.2) is 60.5 Å². The van der Waals surface area contributed by atoms with E-state index in [1.54, 1.807) is 6.92 Å². The first-order valence-corrected chi connectivity index (χ1v) is 6.83. The first-order valence-electron chi connectivity index (χ1n) is 6.45. The fourth-order valence-electron chi connectivity index (χ4n) is 1.92. The predicted octanol–water partition coefficient (Wildman–Crippen LogP) is 1.75. The Kier molecular flexibility index (Phi) is 5.04. The SMILES string of the molecule is CCN(CC(F)(F)F)c1nc(Cl)nc(N2CCOCC2)n1. The standard InChI is InChI=1S/C11H15ClF3N5O/c1-2-19(7-11(13,14)15)9-16-8(12)17-10(18-9)20-3-5-21-6-4-20/h2-7H2,1H3. The van der Waals surface area contributed by atoms with Crippen LogP contribution in [0.15, 0.2) is 0 Å². The maximum absolute atomic E-state index is 12.6. The molecule has 0 atom stereocenters. The van der Waals surface area contributed by atoms with Gasteiger partial charge in [0.1, 0.15) is 6.54 Å². The van der Waals surface area contributed by atoms with Crippen molar-refractivity contribution in [2.45, 2.75) is 13.1 Å². The van der Waals surface area contributed by atoms with E-state index in [-0.39, 0.29) is 23.7 Å². The number of hydrogen-bond acceptors (Lipinski definition) is 6. The van der Waals surface area contributed by atoms with Gasteiger partial charge in [0.05, 0.1) is 13.2 Å². The highest BCUT2D eigenvalue weighted by molar-refractivity contribution is 6.28. The van der Waals surface area contributed by atoms with Crippen LogP contribution in [-0.2, 0) is 4.74 Å². The molecule has 118 valence electrons. The number of alkyl halides is 3. The summed E-state index contributed by atoms with van der Waals surface area (Å²) < 4.78 is 42.9. The lowest BCUT2D eigenvalue weighted by Gasteiger charge is -2.28. The highest BCUT2D eigenvalue weighted by Crippen LogP contribution is 2.22. The molecule has 0 aromatic carbocycles. The second kappa shape index (κ2) is 6.61. The van der Waals surface area contributed by atoms with Gasteiger partial charge < -0.3 is 14.5 Å². The van der Waals surface area contributed by atoms with Crippen molar-refractivity contribution in [2.75, 3.05) is 49.2 Å². The number of hydrogen-bond donors (Lipinski definition) is 0. The van der Waals surface area contributed by atoms with Crippen molar-refractivity contribution in [3.63, 3.8) is 0 Å². The second-order valence-electron chi connectivity index (χ2n) is 4.43. The molecule has 0 unspecified atom stereocenters. The Balaban J connectivity index is 2.24. The number of nitrogens with zero attached hydrogens (tertiary/aromatic N) is 5. The summed E-state index contributed by atoms with van der Waals surface area (Å²) in [7, 11) is 0. The summed E-state index contributed by atoms with van der Waals surface area (Å²) in [5.41, 5.74) is 0. The third kappa shape index (κ3) is 4.57. The number of anilines is 2. The van der Waals surface area contributed by atoms with Crippen LogP contribution in [0.25, 0.3) is 0 Å². The fraction of sp³-hybridized carbons (Fsp3) is 0.727. The smallest absolute Gasteiger partial charge is 0.378 e. The van der Waals surface area contributed by atoms with E-state index in [2.05, 4.69) is 15.0 Å². The molecule has 2 rings (SSSR count). The van der Waals surface area contributed by atoms with E-state index in [9.17, 15) is 13.2 Å². The molecule has 1 aromatic heterocycles. The van der Waals surface area contributed by atoms with E-state index in [1.165, 1.54) is 0 Å². The highest BCUT2D eigenvalue weighted by Gasteiger charge is 2.32. The van der Waals surface area contributed by atoms with Gasteiger partial charge >= 0.3 is 6.18 Å². The van der Waals surface area contributed by atoms with Gasteiger partial charge in [0, 0.05) is 19.6 Å². The fourth-order valence-corrected chi connectivity index (χ4v) is 2.07. The van der Waals surface area contributed by atoms with Gasteiger partial charge in [-0.1, -0.05) is 0 Å². The molecule has 1 fully saturated rings. The lowest BCUT2D eigenvalue weighted by Crippen LogP contribution is -2.39. The average molecular weight is 326 g/mol. The van der Waals surface area contributed by atoms with E-state index >= 15 is 0 Å². The molecule has 1 saturated heterocycles. The maximum Gasteiger partial charge on any atom is 0.406 e. The van der Waals surface area contributed by atoms with Crippen molar-refractivity contribution in [3.8, 4) is 0 Å². The Morgan fingerprint density at radius 3 is 2.48 bits per heavy atom. The summed E-state index contributed by atoms with van der Waals surface area (Å²) in [5, 5.41) is -0.123. The third-order valence-corrected chi connectivity index (χ3v) is 3.08. The topological polar surface area (TPSA) is 54.4 Å². The number of morpholine rings is 1. The zero-order valence-corrected chi connectivity index (χ0v) is 12.2. The average Bonchev–Trinajstić information content (AvgIpc) is 2.44. The predicted molar refractivity (Wildman–Crippen MR) is 71.8 cm³/mol. The highest BCUT2D eigenvalue weighted by atomic mass is 35.5. The zero-order chi connectivity index (χ0) is 15.5. The molecule has 0 amide bonds. The molecule has 0 N–H and O–H groups in total. The normalized spacial score (nSPS) is 16.1. The number of aromatic nitrogens is 3. The summed E-state index contributed by atoms with van der Waals surface area (Å²) in [6, 6.07) is 0. The first kappa shape index (κ1) is 16.0. The van der Waals surface area contributed by atoms with Crippen LogP contribution in [0.2, 0.25) is 5.28 Å². The maximum atomic E-state index is 12.6. The zero-order valence-electron chi connectivity index (χ0n) is 11.4. The molecule has 1 aromatic rings. The van der Waals surface area contributed by atoms with E-state index in [0.717, 1.165) is 4.90 Å². The Morgan fingerprint density at radius 1 is 1.24 bits per heavy atom. The monoisotopic (exact) mass is 325 g/mol. The lowest BCUT2D eigenvalue weighted by atomic mass is 10.4. The van der Waals surface area contributed by atoms with Crippen molar-refractivity contribution >= 4 is 23.5 Å². The minimum atomic E-state index is -4.34. The summed E-state index contributed by atoms with van der Waals surface area (Å²) in [5.74, 6) is 0.199. The van der Waals surface area contributed by atoms with Gasteiger partial charge in [-0.25, -0.2) is 0 Å². The van der Waals surface area contributed by atoms with Crippen LogP contribution in [0.1, 0.15) is 6.92 Å². The molecular formula is C11H15ClF3N5O. The van der Waals surface area contributed by atoms with Gasteiger partial charge in [-0.3, -0.25) is 0 Å². The van der Waals surface area contributed by atoms with Crippen molar-refractivity contribution in [2.24, 2.45) is 0 Å². The van der Waals surface area contributed by atoms with E-state index in [0.29, 0.717) is 26.3 Å². The Labute approximate surface area is 124 Å². The van der Waals surface area contributed by atoms with Gasteiger partial charge in [0.15, 0.2) is 0 Å². The van der Waals surface area contributed by atoms with E-state index in [4.69, 9.17) is 16.3 Å². The van der Waals surface area contributed by atoms with Gasteiger partial charge in [0.25, 0.3) is 0 Å². The van der Waals surface area contributed by atoms with E-state index in [1.807, 2.05) is 4.90 Å². The molecular weight excluding hydrogens is 311 g/mol. The number of ether oxygens (including phenoxy) is 1. The van der Waals surface area contributed by atoms with Crippen LogP contribution in [0, 0.1) is 0 Å². The molecule has 2 heterocycles. The molecule has 0 bridgehead atoms. The van der Waals surface area contributed by atoms with Crippen LogP contribution >= 0.6 is 11.6 Å². The van der Waals surface area contributed by atoms with Gasteiger partial charge in [-0.15, -0.1) is 0 Å². The van der Waals surface area contributed by atoms with Crippen molar-refractivity contribution in [3.05, 3.63) is 5.28 Å². The summed E-state index contributed by atoms with van der Waals surface area (Å²) in [4.78, 5) is 14.7. The van der Waals surface area contributed by atoms with Gasteiger partial charge in [0.2, 0.25) is 17.2 Å². The third-order valence-electron chi connectivity index (χ3n) is 2.91. The van der Waals surface area contributed by atoms with E-state index < -0.39 is 12.7 Å². The molecule has 1 aliphatic rings. The molecule has 0 aliphatic carbocycles. The lowest BCUT2D eigenvalue weighted by molar-refractivity contribution is -0.119. The van der Waals surface area contributed by atoms with Crippen LogP contribution in [0.3, 0.4) is 0 Å². The Bertz CT molecular complexity index is 481. The minimum Gasteiger partial charge on any atom is -0.378 e. The van der Waals surface area contributed by atoms with Crippen LogP contribution < -0.4 is 9.80 Å². The molecule has 6 nitrogen and oxygen atoms in total. The molecule has 0 radical (unpaired) electrons.